The standard InChI is InChI=1S/C15H19N3OS/c1-9(2)10(3)20-15-12(14(16)18-19)8-11-6-4-5-7-13(11)17-15/h4-10,19H,1-3H3,(H2,16,18). The molecule has 0 aliphatic heterocycles. The van der Waals surface area contributed by atoms with Gasteiger partial charge >= 0.3 is 0 Å². The monoisotopic (exact) mass is 289 g/mol. The Balaban J connectivity index is 2.54. The predicted octanol–water partition coefficient (Wildman–Crippen LogP) is 3.47. The molecule has 0 saturated heterocycles. The molecule has 0 aliphatic carbocycles. The van der Waals surface area contributed by atoms with Gasteiger partial charge in [-0.25, -0.2) is 4.98 Å². The summed E-state index contributed by atoms with van der Waals surface area (Å²) in [5, 5.41) is 14.3. The molecule has 1 atom stereocenters. The number of aromatic nitrogens is 1. The van der Waals surface area contributed by atoms with E-state index in [1.165, 1.54) is 0 Å². The summed E-state index contributed by atoms with van der Waals surface area (Å²) >= 11 is 1.65. The van der Waals surface area contributed by atoms with Gasteiger partial charge in [0.2, 0.25) is 0 Å². The first-order chi connectivity index (χ1) is 9.52. The fraction of sp³-hybridized carbons (Fsp3) is 0.333. The maximum atomic E-state index is 8.95. The van der Waals surface area contributed by atoms with Gasteiger partial charge in [0.05, 0.1) is 11.1 Å². The molecule has 1 heterocycles. The molecular weight excluding hydrogens is 270 g/mol. The number of pyridine rings is 1. The summed E-state index contributed by atoms with van der Waals surface area (Å²) in [4.78, 5) is 4.66. The summed E-state index contributed by atoms with van der Waals surface area (Å²) < 4.78 is 0. The maximum Gasteiger partial charge on any atom is 0.172 e. The minimum absolute atomic E-state index is 0.0988. The number of para-hydroxylation sites is 1. The van der Waals surface area contributed by atoms with Gasteiger partial charge in [0.1, 0.15) is 5.03 Å². The minimum Gasteiger partial charge on any atom is -0.409 e. The summed E-state index contributed by atoms with van der Waals surface area (Å²) in [6.07, 6.45) is 0. The Morgan fingerprint density at radius 3 is 2.65 bits per heavy atom. The van der Waals surface area contributed by atoms with Crippen molar-refractivity contribution in [3.63, 3.8) is 0 Å². The van der Waals surface area contributed by atoms with Crippen molar-refractivity contribution in [1.82, 2.24) is 4.98 Å². The van der Waals surface area contributed by atoms with Crippen LogP contribution in [-0.4, -0.2) is 21.3 Å². The van der Waals surface area contributed by atoms with Gasteiger partial charge in [0, 0.05) is 10.6 Å². The Labute approximate surface area is 123 Å². The Kier molecular flexibility index (Phi) is 4.49. The number of fused-ring (bicyclic) bond motifs is 1. The van der Waals surface area contributed by atoms with Crippen molar-refractivity contribution in [2.24, 2.45) is 16.8 Å². The van der Waals surface area contributed by atoms with Crippen molar-refractivity contribution in [2.45, 2.75) is 31.0 Å². The lowest BCUT2D eigenvalue weighted by molar-refractivity contribution is 0.318. The van der Waals surface area contributed by atoms with Crippen molar-refractivity contribution < 1.29 is 5.21 Å². The van der Waals surface area contributed by atoms with Crippen LogP contribution in [0.2, 0.25) is 0 Å². The van der Waals surface area contributed by atoms with E-state index in [0.717, 1.165) is 15.9 Å². The molecule has 0 bridgehead atoms. The molecule has 20 heavy (non-hydrogen) atoms. The van der Waals surface area contributed by atoms with Gasteiger partial charge in [-0.3, -0.25) is 0 Å². The molecule has 0 radical (unpaired) electrons. The summed E-state index contributed by atoms with van der Waals surface area (Å²) in [6.45, 7) is 6.49. The SMILES string of the molecule is CC(C)C(C)Sc1nc2ccccc2cc1/C(N)=N/O. The predicted molar refractivity (Wildman–Crippen MR) is 84.4 cm³/mol. The van der Waals surface area contributed by atoms with Crippen LogP contribution in [0, 0.1) is 5.92 Å². The highest BCUT2D eigenvalue weighted by molar-refractivity contribution is 7.99. The second kappa shape index (κ2) is 6.13. The molecule has 2 rings (SSSR count). The van der Waals surface area contributed by atoms with Crippen molar-refractivity contribution in [1.29, 1.82) is 0 Å². The lowest BCUT2D eigenvalue weighted by atomic mass is 10.1. The first kappa shape index (κ1) is 14.7. The number of rotatable bonds is 4. The van der Waals surface area contributed by atoms with E-state index in [9.17, 15) is 0 Å². The molecule has 0 aliphatic rings. The highest BCUT2D eigenvalue weighted by atomic mass is 32.2. The van der Waals surface area contributed by atoms with E-state index in [0.29, 0.717) is 16.7 Å². The average molecular weight is 289 g/mol. The number of nitrogens with zero attached hydrogens (tertiary/aromatic N) is 2. The van der Waals surface area contributed by atoms with E-state index < -0.39 is 0 Å². The normalized spacial score (nSPS) is 13.9. The Bertz CT molecular complexity index is 640. The van der Waals surface area contributed by atoms with Crippen molar-refractivity contribution in [3.8, 4) is 0 Å². The largest absolute Gasteiger partial charge is 0.409 e. The summed E-state index contributed by atoms with van der Waals surface area (Å²) in [6, 6.07) is 9.77. The lowest BCUT2D eigenvalue weighted by Crippen LogP contribution is -2.16. The second-order valence-corrected chi connectivity index (χ2v) is 6.45. The van der Waals surface area contributed by atoms with Crippen LogP contribution in [0.3, 0.4) is 0 Å². The fourth-order valence-corrected chi connectivity index (χ4v) is 2.80. The van der Waals surface area contributed by atoms with Crippen molar-refractivity contribution in [2.75, 3.05) is 0 Å². The molecule has 0 fully saturated rings. The quantitative estimate of drug-likeness (QED) is 0.297. The topological polar surface area (TPSA) is 71.5 Å². The van der Waals surface area contributed by atoms with E-state index in [1.807, 2.05) is 30.3 Å². The van der Waals surface area contributed by atoms with Crippen LogP contribution in [0.4, 0.5) is 0 Å². The van der Waals surface area contributed by atoms with E-state index in [-0.39, 0.29) is 5.84 Å². The minimum atomic E-state index is 0.0988. The fourth-order valence-electron chi connectivity index (χ4n) is 1.74. The van der Waals surface area contributed by atoms with Crippen LogP contribution in [0.1, 0.15) is 26.3 Å². The molecular formula is C15H19N3OS. The molecule has 1 aromatic carbocycles. The molecule has 1 aromatic heterocycles. The van der Waals surface area contributed by atoms with Crippen molar-refractivity contribution in [3.05, 3.63) is 35.9 Å². The van der Waals surface area contributed by atoms with Crippen LogP contribution in [-0.2, 0) is 0 Å². The number of thioether (sulfide) groups is 1. The summed E-state index contributed by atoms with van der Waals surface area (Å²) in [5.41, 5.74) is 7.39. The first-order valence-corrected chi connectivity index (χ1v) is 7.45. The van der Waals surface area contributed by atoms with Gasteiger partial charge < -0.3 is 10.9 Å². The highest BCUT2D eigenvalue weighted by Crippen LogP contribution is 2.31. The third-order valence-corrected chi connectivity index (χ3v) is 4.76. The van der Waals surface area contributed by atoms with Crippen LogP contribution >= 0.6 is 11.8 Å². The molecule has 0 amide bonds. The average Bonchev–Trinajstić information content (AvgIpc) is 2.45. The zero-order valence-electron chi connectivity index (χ0n) is 11.9. The number of oxime groups is 1. The molecule has 1 unspecified atom stereocenters. The van der Waals surface area contributed by atoms with Gasteiger partial charge in [-0.1, -0.05) is 44.1 Å². The molecule has 4 nitrogen and oxygen atoms in total. The number of benzene rings is 1. The lowest BCUT2D eigenvalue weighted by Gasteiger charge is -2.16. The number of amidine groups is 1. The van der Waals surface area contributed by atoms with Crippen LogP contribution < -0.4 is 5.73 Å². The molecule has 2 aromatic rings. The number of hydrogen-bond acceptors (Lipinski definition) is 4. The maximum absolute atomic E-state index is 8.95. The van der Waals surface area contributed by atoms with Gasteiger partial charge in [-0.05, 0) is 18.1 Å². The Hall–Kier alpha value is -1.75. The third kappa shape index (κ3) is 3.04. The van der Waals surface area contributed by atoms with E-state index in [1.54, 1.807) is 11.8 Å². The van der Waals surface area contributed by atoms with Gasteiger partial charge in [0.25, 0.3) is 0 Å². The Morgan fingerprint density at radius 2 is 2.00 bits per heavy atom. The number of hydrogen-bond donors (Lipinski definition) is 2. The third-order valence-electron chi connectivity index (χ3n) is 3.31. The molecule has 0 spiro atoms. The van der Waals surface area contributed by atoms with E-state index in [4.69, 9.17) is 10.9 Å². The van der Waals surface area contributed by atoms with Gasteiger partial charge in [0.15, 0.2) is 5.84 Å². The summed E-state index contributed by atoms with van der Waals surface area (Å²) in [7, 11) is 0. The van der Waals surface area contributed by atoms with Gasteiger partial charge in [-0.15, -0.1) is 11.8 Å². The first-order valence-electron chi connectivity index (χ1n) is 6.57. The van der Waals surface area contributed by atoms with Crippen LogP contribution in [0.25, 0.3) is 10.9 Å². The zero-order valence-corrected chi connectivity index (χ0v) is 12.7. The molecule has 5 heteroatoms. The highest BCUT2D eigenvalue weighted by Gasteiger charge is 2.16. The molecule has 3 N–H and O–H groups in total. The summed E-state index contributed by atoms with van der Waals surface area (Å²) in [5.74, 6) is 0.620. The smallest absolute Gasteiger partial charge is 0.172 e. The zero-order chi connectivity index (χ0) is 14.7. The van der Waals surface area contributed by atoms with E-state index >= 15 is 0 Å². The van der Waals surface area contributed by atoms with Crippen LogP contribution in [0.5, 0.6) is 0 Å². The molecule has 106 valence electrons. The molecule has 0 saturated carbocycles. The Morgan fingerprint density at radius 1 is 1.30 bits per heavy atom. The van der Waals surface area contributed by atoms with E-state index in [2.05, 4.69) is 30.9 Å². The second-order valence-electron chi connectivity index (χ2n) is 5.09. The van der Waals surface area contributed by atoms with Crippen LogP contribution in [0.15, 0.2) is 40.5 Å². The van der Waals surface area contributed by atoms with Crippen molar-refractivity contribution >= 4 is 28.5 Å². The van der Waals surface area contributed by atoms with Gasteiger partial charge in [-0.2, -0.15) is 0 Å². The number of nitrogens with two attached hydrogens (primary N) is 1.